The van der Waals surface area contributed by atoms with Gasteiger partial charge in [-0.2, -0.15) is 8.42 Å². The van der Waals surface area contributed by atoms with Crippen LogP contribution in [-0.2, 0) is 34.1 Å². The van der Waals surface area contributed by atoms with Gasteiger partial charge in [0, 0.05) is 74.9 Å². The van der Waals surface area contributed by atoms with Crippen molar-refractivity contribution >= 4 is 60.3 Å². The highest BCUT2D eigenvalue weighted by molar-refractivity contribution is 14.1. The van der Waals surface area contributed by atoms with Gasteiger partial charge in [-0.3, -0.25) is 48.1 Å². The number of nitrogens with one attached hydrogen (secondary N) is 1. The molecule has 0 saturated carbocycles. The fourth-order valence-corrected chi connectivity index (χ4v) is 4.77. The maximum atomic E-state index is 12.6. The summed E-state index contributed by atoms with van der Waals surface area (Å²) in [7, 11) is -4.60. The van der Waals surface area contributed by atoms with Gasteiger partial charge in [0.05, 0.1) is 26.2 Å². The number of carbonyl (C=O) groups excluding carboxylic acids is 3. The third kappa shape index (κ3) is 15.8. The molecular formula is C19H33IN6O10S. The quantitative estimate of drug-likeness (QED) is 0.0766. The molecule has 212 valence electrons. The minimum absolute atomic E-state index is 0.0881. The minimum Gasteiger partial charge on any atom is -0.480 e. The zero-order valence-electron chi connectivity index (χ0n) is 20.1. The first kappa shape index (κ1) is 33.1. The van der Waals surface area contributed by atoms with E-state index in [0.717, 1.165) is 0 Å². The molecule has 0 radical (unpaired) electrons. The Kier molecular flexibility index (Phi) is 14.4. The Morgan fingerprint density at radius 3 is 1.41 bits per heavy atom. The lowest BCUT2D eigenvalue weighted by molar-refractivity contribution is -0.140. The molecule has 0 bridgehead atoms. The predicted molar refractivity (Wildman–Crippen MR) is 138 cm³/mol. The van der Waals surface area contributed by atoms with Crippen LogP contribution >= 0.6 is 22.6 Å². The molecule has 1 rings (SSSR count). The molecule has 16 nitrogen and oxygen atoms in total. The van der Waals surface area contributed by atoms with E-state index in [1.807, 2.05) is 0 Å². The predicted octanol–water partition coefficient (Wildman–Crippen LogP) is -3.80. The number of hydrogen-bond acceptors (Lipinski definition) is 11. The molecule has 1 aliphatic rings. The first-order valence-electron chi connectivity index (χ1n) is 11.2. The first-order valence-corrected chi connectivity index (χ1v) is 13.9. The third-order valence-corrected chi connectivity index (χ3v) is 6.51. The number of hydrogen-bond donors (Lipinski definition) is 5. The van der Waals surface area contributed by atoms with Crippen LogP contribution in [0.15, 0.2) is 0 Å². The summed E-state index contributed by atoms with van der Waals surface area (Å²) in [6.45, 7) is 1.36. The van der Waals surface area contributed by atoms with Crippen LogP contribution in [0.5, 0.6) is 0 Å². The average molecular weight is 664 g/mol. The van der Waals surface area contributed by atoms with Crippen molar-refractivity contribution in [3.8, 4) is 0 Å². The number of carboxylic acid groups (broad SMARTS) is 2. The molecule has 0 aromatic carbocycles. The van der Waals surface area contributed by atoms with Gasteiger partial charge in [0.25, 0.3) is 10.1 Å². The summed E-state index contributed by atoms with van der Waals surface area (Å²) in [5.74, 6) is -5.09. The summed E-state index contributed by atoms with van der Waals surface area (Å²) >= 11 is 1.65. The highest BCUT2D eigenvalue weighted by atomic mass is 127. The number of nitrogens with zero attached hydrogens (tertiary/aromatic N) is 4. The van der Waals surface area contributed by atoms with Crippen LogP contribution in [0.1, 0.15) is 0 Å². The highest BCUT2D eigenvalue weighted by Gasteiger charge is 2.26. The topological polar surface area (TPSA) is 231 Å². The maximum Gasteiger partial charge on any atom is 0.317 e. The van der Waals surface area contributed by atoms with Gasteiger partial charge in [-0.25, -0.2) is 0 Å². The minimum atomic E-state index is -4.60. The number of amides is 2. The van der Waals surface area contributed by atoms with E-state index in [4.69, 9.17) is 10.3 Å². The second kappa shape index (κ2) is 16.1. The molecule has 0 aromatic rings. The van der Waals surface area contributed by atoms with Crippen LogP contribution < -0.4 is 11.1 Å². The number of halogens is 1. The largest absolute Gasteiger partial charge is 0.480 e. The molecule has 1 unspecified atom stereocenters. The van der Waals surface area contributed by atoms with Crippen LogP contribution in [-0.4, -0.2) is 161 Å². The van der Waals surface area contributed by atoms with E-state index < -0.39 is 45.7 Å². The fourth-order valence-electron chi connectivity index (χ4n) is 3.62. The molecule has 1 atom stereocenters. The van der Waals surface area contributed by atoms with Gasteiger partial charge in [0.15, 0.2) is 0 Å². The van der Waals surface area contributed by atoms with Crippen LogP contribution in [0.2, 0.25) is 0 Å². The normalized spacial score (nSPS) is 18.8. The fraction of sp³-hybridized carbons (Fsp3) is 0.737. The van der Waals surface area contributed by atoms with Crippen molar-refractivity contribution in [2.75, 3.05) is 84.3 Å². The zero-order valence-corrected chi connectivity index (χ0v) is 23.1. The van der Waals surface area contributed by atoms with Crippen molar-refractivity contribution in [1.29, 1.82) is 0 Å². The Bertz CT molecular complexity index is 904. The van der Waals surface area contributed by atoms with E-state index in [-0.39, 0.29) is 62.7 Å². The molecule has 1 fully saturated rings. The van der Waals surface area contributed by atoms with E-state index in [1.54, 1.807) is 42.2 Å². The van der Waals surface area contributed by atoms with E-state index in [2.05, 4.69) is 5.32 Å². The SMILES string of the molecule is NC(=O)C(CS(=O)(=O)O)NC(=O)CN1CCN(CC(=O)O)CCN(CC(=O)O)CCN(CC(=O)I)CC1. The number of nitrogens with two attached hydrogens (primary N) is 1. The lowest BCUT2D eigenvalue weighted by Crippen LogP contribution is -2.53. The van der Waals surface area contributed by atoms with Gasteiger partial charge >= 0.3 is 11.9 Å². The van der Waals surface area contributed by atoms with Crippen molar-refractivity contribution < 1.29 is 47.2 Å². The van der Waals surface area contributed by atoms with Crippen LogP contribution in [0.4, 0.5) is 0 Å². The van der Waals surface area contributed by atoms with E-state index >= 15 is 0 Å². The maximum absolute atomic E-state index is 12.6. The summed E-state index contributed by atoms with van der Waals surface area (Å²) in [5, 5.41) is 20.7. The standard InChI is InChI=1S/C19H33IN6O10S/c20-15(27)9-23-1-3-24(10-16(28)22-14(19(21)33)13-37(34,35)36)4-6-26(12-18(31)32)8-7-25(5-2-23)11-17(29)30/h14H,1-13H2,(H2,21,33)(H,22,28)(H,29,30)(H,31,32)(H,34,35,36). The summed E-state index contributed by atoms with van der Waals surface area (Å²) in [6.07, 6.45) is 0. The first-order chi connectivity index (χ1) is 17.1. The Labute approximate surface area is 228 Å². The zero-order chi connectivity index (χ0) is 28.2. The average Bonchev–Trinajstić information content (AvgIpc) is 2.73. The molecule has 1 saturated heterocycles. The number of aliphatic carboxylic acids is 2. The lowest BCUT2D eigenvalue weighted by Gasteiger charge is -2.33. The monoisotopic (exact) mass is 664 g/mol. The molecule has 1 aliphatic heterocycles. The number of carbonyl (C=O) groups is 5. The highest BCUT2D eigenvalue weighted by Crippen LogP contribution is 2.03. The van der Waals surface area contributed by atoms with E-state index in [0.29, 0.717) is 19.6 Å². The van der Waals surface area contributed by atoms with Gasteiger partial charge in [-0.1, -0.05) is 0 Å². The molecule has 6 N–H and O–H groups in total. The van der Waals surface area contributed by atoms with Crippen molar-refractivity contribution in [1.82, 2.24) is 24.9 Å². The second-order valence-electron chi connectivity index (χ2n) is 8.52. The Balaban J connectivity index is 3.03. The second-order valence-corrected chi connectivity index (χ2v) is 11.2. The smallest absolute Gasteiger partial charge is 0.317 e. The molecule has 2 amide bonds. The summed E-state index contributed by atoms with van der Waals surface area (Å²) < 4.78 is 31.1. The molecule has 0 aliphatic carbocycles. The summed E-state index contributed by atoms with van der Waals surface area (Å²) in [6, 6.07) is -1.65. The third-order valence-electron chi connectivity index (χ3n) is 5.42. The van der Waals surface area contributed by atoms with Gasteiger partial charge < -0.3 is 21.3 Å². The number of rotatable bonds is 12. The molecule has 0 aromatic heterocycles. The Morgan fingerprint density at radius 1 is 0.757 bits per heavy atom. The summed E-state index contributed by atoms with van der Waals surface area (Å²) in [5.41, 5.74) is 5.13. The molecule has 0 spiro atoms. The van der Waals surface area contributed by atoms with Gasteiger partial charge in [-0.15, -0.1) is 0 Å². The summed E-state index contributed by atoms with van der Waals surface area (Å²) in [4.78, 5) is 65.1. The number of primary amides is 1. The molecular weight excluding hydrogens is 631 g/mol. The van der Waals surface area contributed by atoms with Gasteiger partial charge in [0.2, 0.25) is 15.6 Å². The van der Waals surface area contributed by atoms with Crippen LogP contribution in [0.3, 0.4) is 0 Å². The number of carboxylic acids is 2. The molecule has 37 heavy (non-hydrogen) atoms. The van der Waals surface area contributed by atoms with Crippen molar-refractivity contribution in [3.05, 3.63) is 0 Å². The Morgan fingerprint density at radius 2 is 1.11 bits per heavy atom. The van der Waals surface area contributed by atoms with Gasteiger partial charge in [-0.05, 0) is 0 Å². The van der Waals surface area contributed by atoms with E-state index in [1.165, 1.54) is 0 Å². The van der Waals surface area contributed by atoms with Crippen molar-refractivity contribution in [2.24, 2.45) is 5.73 Å². The van der Waals surface area contributed by atoms with Crippen molar-refractivity contribution in [3.63, 3.8) is 0 Å². The van der Waals surface area contributed by atoms with E-state index in [9.17, 15) is 42.6 Å². The van der Waals surface area contributed by atoms with Crippen molar-refractivity contribution in [2.45, 2.75) is 6.04 Å². The van der Waals surface area contributed by atoms with Crippen LogP contribution in [0, 0.1) is 0 Å². The Hall–Kier alpha value is -1.97. The van der Waals surface area contributed by atoms with Gasteiger partial charge in [0.1, 0.15) is 11.8 Å². The lowest BCUT2D eigenvalue weighted by atomic mass is 10.3. The van der Waals surface area contributed by atoms with Crippen LogP contribution in [0.25, 0.3) is 0 Å². The molecule has 18 heteroatoms. The molecule has 1 heterocycles.